The Morgan fingerprint density at radius 1 is 1.19 bits per heavy atom. The molecule has 0 unspecified atom stereocenters. The lowest BCUT2D eigenvalue weighted by Crippen LogP contribution is -2.30. The second kappa shape index (κ2) is 10.4. The summed E-state index contributed by atoms with van der Waals surface area (Å²) < 4.78 is 10.9. The smallest absolute Gasteiger partial charge is 0.319 e. The number of carbonyl (C=O) groups excluding carboxylic acids is 1. The summed E-state index contributed by atoms with van der Waals surface area (Å²) in [6.45, 7) is 5.67. The molecular formula is C15H23ClN2O3. The summed E-state index contributed by atoms with van der Waals surface area (Å²) >= 11 is 5.78. The monoisotopic (exact) mass is 314 g/mol. The highest BCUT2D eigenvalue weighted by molar-refractivity contribution is 6.30. The highest BCUT2D eigenvalue weighted by atomic mass is 35.5. The van der Waals surface area contributed by atoms with E-state index in [-0.39, 0.29) is 12.3 Å². The first kappa shape index (κ1) is 17.8. The van der Waals surface area contributed by atoms with Gasteiger partial charge in [0.05, 0.1) is 0 Å². The topological polar surface area (TPSA) is 59.6 Å². The van der Waals surface area contributed by atoms with E-state index in [1.54, 1.807) is 24.3 Å². The molecule has 21 heavy (non-hydrogen) atoms. The lowest BCUT2D eigenvalue weighted by molar-refractivity contribution is -0.139. The molecular weight excluding hydrogens is 292 g/mol. The standard InChI is InChI=1S/C15H23ClN2O3/c1-3-20-14(21-4-2)6-5-11-17-15(19)18-13-9-7-12(16)8-10-13/h7-10,14H,3-6,11H2,1-2H3,(H2,17,18,19). The van der Waals surface area contributed by atoms with Crippen LogP contribution in [0.2, 0.25) is 5.02 Å². The summed E-state index contributed by atoms with van der Waals surface area (Å²) in [4.78, 5) is 11.7. The Bertz CT molecular complexity index is 406. The molecule has 0 atom stereocenters. The zero-order valence-corrected chi connectivity index (χ0v) is 13.3. The maximum absolute atomic E-state index is 11.7. The number of carbonyl (C=O) groups is 1. The average Bonchev–Trinajstić information content (AvgIpc) is 2.46. The summed E-state index contributed by atoms with van der Waals surface area (Å²) in [7, 11) is 0. The van der Waals surface area contributed by atoms with Crippen molar-refractivity contribution in [2.45, 2.75) is 33.0 Å². The van der Waals surface area contributed by atoms with Crippen LogP contribution in [0.25, 0.3) is 0 Å². The van der Waals surface area contributed by atoms with E-state index in [0.717, 1.165) is 12.8 Å². The molecule has 1 aromatic carbocycles. The van der Waals surface area contributed by atoms with Crippen LogP contribution >= 0.6 is 11.6 Å². The Labute approximate surface area is 131 Å². The SMILES string of the molecule is CCOC(CCCNC(=O)Nc1ccc(Cl)cc1)OCC. The Morgan fingerprint density at radius 2 is 1.81 bits per heavy atom. The highest BCUT2D eigenvalue weighted by Crippen LogP contribution is 2.13. The van der Waals surface area contributed by atoms with Gasteiger partial charge in [0.15, 0.2) is 6.29 Å². The van der Waals surface area contributed by atoms with Gasteiger partial charge in [-0.05, 0) is 44.5 Å². The fourth-order valence-electron chi connectivity index (χ4n) is 1.77. The van der Waals surface area contributed by atoms with Crippen LogP contribution in [0.4, 0.5) is 10.5 Å². The molecule has 0 bridgehead atoms. The largest absolute Gasteiger partial charge is 0.353 e. The molecule has 0 fully saturated rings. The fraction of sp³-hybridized carbons (Fsp3) is 0.533. The lowest BCUT2D eigenvalue weighted by Gasteiger charge is -2.16. The Balaban J connectivity index is 2.19. The van der Waals surface area contributed by atoms with Gasteiger partial charge in [0, 0.05) is 36.9 Å². The molecule has 0 aromatic heterocycles. The zero-order valence-electron chi connectivity index (χ0n) is 12.5. The van der Waals surface area contributed by atoms with Gasteiger partial charge in [0.25, 0.3) is 0 Å². The van der Waals surface area contributed by atoms with Crippen molar-refractivity contribution in [1.29, 1.82) is 0 Å². The third-order valence-corrected chi connectivity index (χ3v) is 2.96. The van der Waals surface area contributed by atoms with Crippen LogP contribution in [0.15, 0.2) is 24.3 Å². The molecule has 0 spiro atoms. The van der Waals surface area contributed by atoms with Gasteiger partial charge >= 0.3 is 6.03 Å². The molecule has 2 amide bonds. The van der Waals surface area contributed by atoms with Crippen LogP contribution in [0.3, 0.4) is 0 Å². The lowest BCUT2D eigenvalue weighted by atomic mass is 10.3. The summed E-state index contributed by atoms with van der Waals surface area (Å²) in [5.41, 5.74) is 0.707. The van der Waals surface area contributed by atoms with Gasteiger partial charge in [-0.1, -0.05) is 11.6 Å². The Kier molecular flexibility index (Phi) is 8.82. The van der Waals surface area contributed by atoms with Crippen LogP contribution < -0.4 is 10.6 Å². The number of ether oxygens (including phenoxy) is 2. The van der Waals surface area contributed by atoms with Crippen molar-refractivity contribution in [1.82, 2.24) is 5.32 Å². The van der Waals surface area contributed by atoms with E-state index in [2.05, 4.69) is 10.6 Å². The van der Waals surface area contributed by atoms with Gasteiger partial charge < -0.3 is 20.1 Å². The van der Waals surface area contributed by atoms with Crippen molar-refractivity contribution in [3.63, 3.8) is 0 Å². The summed E-state index contributed by atoms with van der Waals surface area (Å²) in [5.74, 6) is 0. The Morgan fingerprint density at radius 3 is 2.38 bits per heavy atom. The number of halogens is 1. The van der Waals surface area contributed by atoms with E-state index in [4.69, 9.17) is 21.1 Å². The van der Waals surface area contributed by atoms with Gasteiger partial charge in [0.1, 0.15) is 0 Å². The predicted octanol–water partition coefficient (Wildman–Crippen LogP) is 3.64. The molecule has 1 rings (SSSR count). The number of rotatable bonds is 9. The van der Waals surface area contributed by atoms with Crippen molar-refractivity contribution in [2.24, 2.45) is 0 Å². The number of hydrogen-bond acceptors (Lipinski definition) is 3. The minimum absolute atomic E-state index is 0.193. The predicted molar refractivity (Wildman–Crippen MR) is 84.7 cm³/mol. The van der Waals surface area contributed by atoms with Crippen LogP contribution in [0.5, 0.6) is 0 Å². The van der Waals surface area contributed by atoms with Crippen molar-refractivity contribution < 1.29 is 14.3 Å². The number of hydrogen-bond donors (Lipinski definition) is 2. The number of urea groups is 1. The number of anilines is 1. The van der Waals surface area contributed by atoms with Crippen LogP contribution in [0, 0.1) is 0 Å². The number of amides is 2. The summed E-state index contributed by atoms with van der Waals surface area (Å²) in [6.07, 6.45) is 1.35. The zero-order chi connectivity index (χ0) is 15.5. The van der Waals surface area contributed by atoms with Gasteiger partial charge in [-0.25, -0.2) is 4.79 Å². The van der Waals surface area contributed by atoms with Gasteiger partial charge in [-0.3, -0.25) is 0 Å². The van der Waals surface area contributed by atoms with Crippen molar-refractivity contribution in [3.05, 3.63) is 29.3 Å². The first-order valence-electron chi connectivity index (χ1n) is 7.19. The molecule has 5 nitrogen and oxygen atoms in total. The molecule has 2 N–H and O–H groups in total. The first-order valence-corrected chi connectivity index (χ1v) is 7.57. The van der Waals surface area contributed by atoms with E-state index < -0.39 is 0 Å². The summed E-state index contributed by atoms with van der Waals surface area (Å²) in [6, 6.07) is 6.73. The van der Waals surface area contributed by atoms with Crippen molar-refractivity contribution in [2.75, 3.05) is 25.1 Å². The molecule has 0 saturated heterocycles. The molecule has 0 heterocycles. The third kappa shape index (κ3) is 7.90. The molecule has 1 aromatic rings. The minimum atomic E-state index is -0.235. The van der Waals surface area contributed by atoms with Crippen LogP contribution in [0.1, 0.15) is 26.7 Å². The van der Waals surface area contributed by atoms with Gasteiger partial charge in [-0.2, -0.15) is 0 Å². The second-order valence-electron chi connectivity index (χ2n) is 4.37. The van der Waals surface area contributed by atoms with Crippen LogP contribution in [-0.4, -0.2) is 32.1 Å². The maximum atomic E-state index is 11.7. The van der Waals surface area contributed by atoms with E-state index in [9.17, 15) is 4.79 Å². The van der Waals surface area contributed by atoms with E-state index in [1.165, 1.54) is 0 Å². The molecule has 118 valence electrons. The number of nitrogens with one attached hydrogen (secondary N) is 2. The van der Waals surface area contributed by atoms with Gasteiger partial charge in [0.2, 0.25) is 0 Å². The normalized spacial score (nSPS) is 10.7. The van der Waals surface area contributed by atoms with Crippen LogP contribution in [-0.2, 0) is 9.47 Å². The maximum Gasteiger partial charge on any atom is 0.319 e. The summed E-state index contributed by atoms with van der Waals surface area (Å²) in [5, 5.41) is 6.17. The quantitative estimate of drug-likeness (QED) is 0.540. The molecule has 0 aliphatic heterocycles. The average molecular weight is 315 g/mol. The fourth-order valence-corrected chi connectivity index (χ4v) is 1.89. The molecule has 0 saturated carbocycles. The first-order chi connectivity index (χ1) is 10.2. The van der Waals surface area contributed by atoms with E-state index in [1.807, 2.05) is 13.8 Å². The molecule has 0 aliphatic carbocycles. The molecule has 0 aliphatic rings. The highest BCUT2D eigenvalue weighted by Gasteiger charge is 2.07. The molecule has 0 radical (unpaired) electrons. The second-order valence-corrected chi connectivity index (χ2v) is 4.81. The van der Waals surface area contributed by atoms with Crippen molar-refractivity contribution in [3.8, 4) is 0 Å². The third-order valence-electron chi connectivity index (χ3n) is 2.71. The number of benzene rings is 1. The van der Waals surface area contributed by atoms with Crippen molar-refractivity contribution >= 4 is 23.3 Å². The minimum Gasteiger partial charge on any atom is -0.353 e. The van der Waals surface area contributed by atoms with Gasteiger partial charge in [-0.15, -0.1) is 0 Å². The molecule has 6 heteroatoms. The van der Waals surface area contributed by atoms with E-state index in [0.29, 0.717) is 30.5 Å². The Hall–Kier alpha value is -1.30. The van der Waals surface area contributed by atoms with E-state index >= 15 is 0 Å².